The van der Waals surface area contributed by atoms with Gasteiger partial charge in [0.15, 0.2) is 0 Å². The van der Waals surface area contributed by atoms with Gasteiger partial charge in [-0.3, -0.25) is 4.79 Å². The predicted octanol–water partition coefficient (Wildman–Crippen LogP) is 1.31. The van der Waals surface area contributed by atoms with Crippen molar-refractivity contribution in [3.63, 3.8) is 0 Å². The summed E-state index contributed by atoms with van der Waals surface area (Å²) in [5, 5.41) is 14.4. The van der Waals surface area contributed by atoms with Crippen LogP contribution in [-0.2, 0) is 4.79 Å². The van der Waals surface area contributed by atoms with Crippen molar-refractivity contribution in [3.8, 4) is 6.07 Å². The van der Waals surface area contributed by atoms with Gasteiger partial charge in [-0.05, 0) is 20.3 Å². The maximum Gasteiger partial charge on any atom is 0.263 e. The first kappa shape index (κ1) is 13.5. The molecule has 0 aliphatic heterocycles. The molecule has 0 heterocycles. The molecule has 0 saturated heterocycles. The van der Waals surface area contributed by atoms with Gasteiger partial charge in [0.1, 0.15) is 11.6 Å². The van der Waals surface area contributed by atoms with Crippen LogP contribution in [0.25, 0.3) is 0 Å². The number of hydrogen-bond acceptors (Lipinski definition) is 3. The van der Waals surface area contributed by atoms with Gasteiger partial charge in [0.25, 0.3) is 5.91 Å². The second-order valence-electron chi connectivity index (χ2n) is 3.61. The summed E-state index contributed by atoms with van der Waals surface area (Å²) < 4.78 is 0. The Kier molecular flexibility index (Phi) is 7.08. The molecule has 0 aromatic heterocycles. The molecule has 0 radical (unpaired) electrons. The minimum atomic E-state index is -0.323. The van der Waals surface area contributed by atoms with Crippen LogP contribution in [0.3, 0.4) is 0 Å². The molecule has 0 aromatic carbocycles. The van der Waals surface area contributed by atoms with E-state index < -0.39 is 0 Å². The monoisotopic (exact) mass is 209 g/mol. The molecule has 0 bridgehead atoms. The molecule has 4 heteroatoms. The fourth-order valence-corrected chi connectivity index (χ4v) is 0.942. The van der Waals surface area contributed by atoms with E-state index in [1.807, 2.05) is 19.9 Å². The molecule has 15 heavy (non-hydrogen) atoms. The Balaban J connectivity index is 4.11. The Labute approximate surface area is 91.4 Å². The molecule has 0 aliphatic rings. The first-order valence-electron chi connectivity index (χ1n) is 5.26. The lowest BCUT2D eigenvalue weighted by molar-refractivity contribution is -0.117. The van der Waals surface area contributed by atoms with Crippen molar-refractivity contribution >= 4 is 5.91 Å². The van der Waals surface area contributed by atoms with Crippen LogP contribution in [0.1, 0.15) is 33.6 Å². The zero-order valence-corrected chi connectivity index (χ0v) is 9.63. The SMILES string of the molecule is CCCCN/C=C(/C#N)C(=O)NC(C)C. The molecule has 84 valence electrons. The van der Waals surface area contributed by atoms with Crippen molar-refractivity contribution in [1.82, 2.24) is 10.6 Å². The zero-order chi connectivity index (χ0) is 11.7. The molecule has 0 spiro atoms. The van der Waals surface area contributed by atoms with Gasteiger partial charge in [-0.2, -0.15) is 5.26 Å². The number of carbonyl (C=O) groups excluding carboxylic acids is 1. The third kappa shape index (κ3) is 6.55. The van der Waals surface area contributed by atoms with E-state index in [1.54, 1.807) is 0 Å². The third-order valence-corrected chi connectivity index (χ3v) is 1.71. The lowest BCUT2D eigenvalue weighted by Crippen LogP contribution is -2.31. The second-order valence-corrected chi connectivity index (χ2v) is 3.61. The van der Waals surface area contributed by atoms with Gasteiger partial charge < -0.3 is 10.6 Å². The summed E-state index contributed by atoms with van der Waals surface area (Å²) in [6.45, 7) is 6.59. The molecule has 0 aliphatic carbocycles. The fourth-order valence-electron chi connectivity index (χ4n) is 0.942. The summed E-state index contributed by atoms with van der Waals surface area (Å²) >= 11 is 0. The van der Waals surface area contributed by atoms with Crippen LogP contribution in [0, 0.1) is 11.3 Å². The number of nitriles is 1. The largest absolute Gasteiger partial charge is 0.390 e. The molecule has 0 atom stereocenters. The van der Waals surface area contributed by atoms with Crippen molar-refractivity contribution in [2.75, 3.05) is 6.54 Å². The van der Waals surface area contributed by atoms with E-state index in [4.69, 9.17) is 5.26 Å². The molecular weight excluding hydrogens is 190 g/mol. The molecule has 2 N–H and O–H groups in total. The van der Waals surface area contributed by atoms with E-state index in [0.29, 0.717) is 0 Å². The second kappa shape index (κ2) is 7.86. The highest BCUT2D eigenvalue weighted by molar-refractivity contribution is 5.97. The molecule has 0 rings (SSSR count). The van der Waals surface area contributed by atoms with Crippen LogP contribution in [0.4, 0.5) is 0 Å². The average Bonchev–Trinajstić information content (AvgIpc) is 2.16. The van der Waals surface area contributed by atoms with Gasteiger partial charge >= 0.3 is 0 Å². The summed E-state index contributed by atoms with van der Waals surface area (Å²) in [6.07, 6.45) is 3.59. The minimum absolute atomic E-state index is 0.0462. The normalized spacial score (nSPS) is 11.0. The number of nitrogens with one attached hydrogen (secondary N) is 2. The predicted molar refractivity (Wildman–Crippen MR) is 59.9 cm³/mol. The van der Waals surface area contributed by atoms with E-state index in [-0.39, 0.29) is 17.5 Å². The molecule has 0 saturated carbocycles. The molecule has 0 unspecified atom stereocenters. The van der Waals surface area contributed by atoms with Crippen LogP contribution >= 0.6 is 0 Å². The Hall–Kier alpha value is -1.50. The number of hydrogen-bond donors (Lipinski definition) is 2. The smallest absolute Gasteiger partial charge is 0.263 e. The Morgan fingerprint density at radius 3 is 2.67 bits per heavy atom. The topological polar surface area (TPSA) is 64.9 Å². The van der Waals surface area contributed by atoms with Gasteiger partial charge in [-0.1, -0.05) is 13.3 Å². The fraction of sp³-hybridized carbons (Fsp3) is 0.636. The lowest BCUT2D eigenvalue weighted by atomic mass is 10.2. The highest BCUT2D eigenvalue weighted by Crippen LogP contribution is 1.92. The number of nitrogens with zero attached hydrogens (tertiary/aromatic N) is 1. The van der Waals surface area contributed by atoms with Crippen molar-refractivity contribution < 1.29 is 4.79 Å². The van der Waals surface area contributed by atoms with Crippen LogP contribution in [0.5, 0.6) is 0 Å². The van der Waals surface area contributed by atoms with E-state index >= 15 is 0 Å². The summed E-state index contributed by atoms with van der Waals surface area (Å²) in [6, 6.07) is 1.92. The summed E-state index contributed by atoms with van der Waals surface area (Å²) in [5.74, 6) is -0.323. The van der Waals surface area contributed by atoms with E-state index in [2.05, 4.69) is 17.6 Å². The maximum absolute atomic E-state index is 11.4. The van der Waals surface area contributed by atoms with Crippen LogP contribution < -0.4 is 10.6 Å². The van der Waals surface area contributed by atoms with Gasteiger partial charge in [-0.25, -0.2) is 0 Å². The summed E-state index contributed by atoms with van der Waals surface area (Å²) in [4.78, 5) is 11.4. The van der Waals surface area contributed by atoms with Gasteiger partial charge in [0, 0.05) is 18.8 Å². The molecule has 4 nitrogen and oxygen atoms in total. The molecule has 0 fully saturated rings. The van der Waals surface area contributed by atoms with Crippen molar-refractivity contribution in [2.45, 2.75) is 39.7 Å². The van der Waals surface area contributed by atoms with Crippen LogP contribution in [-0.4, -0.2) is 18.5 Å². The minimum Gasteiger partial charge on any atom is -0.390 e. The highest BCUT2D eigenvalue weighted by Gasteiger charge is 2.08. The van der Waals surface area contributed by atoms with Gasteiger partial charge in [-0.15, -0.1) is 0 Å². The van der Waals surface area contributed by atoms with E-state index in [0.717, 1.165) is 19.4 Å². The lowest BCUT2D eigenvalue weighted by Gasteiger charge is -2.07. The average molecular weight is 209 g/mol. The number of rotatable bonds is 6. The van der Waals surface area contributed by atoms with Crippen LogP contribution in [0.2, 0.25) is 0 Å². The Bertz CT molecular complexity index is 263. The molecular formula is C11H19N3O. The Morgan fingerprint density at radius 1 is 1.53 bits per heavy atom. The van der Waals surface area contributed by atoms with Crippen molar-refractivity contribution in [3.05, 3.63) is 11.8 Å². The first-order valence-corrected chi connectivity index (χ1v) is 5.26. The zero-order valence-electron chi connectivity index (χ0n) is 9.63. The number of unbranched alkanes of at least 4 members (excludes halogenated alkanes) is 1. The standard InChI is InChI=1S/C11H19N3O/c1-4-5-6-13-8-10(7-12)11(15)14-9(2)3/h8-9,13H,4-6H2,1-3H3,(H,14,15)/b10-8-. The Morgan fingerprint density at radius 2 is 2.20 bits per heavy atom. The third-order valence-electron chi connectivity index (χ3n) is 1.71. The number of amides is 1. The maximum atomic E-state index is 11.4. The van der Waals surface area contributed by atoms with Gasteiger partial charge in [0.2, 0.25) is 0 Å². The van der Waals surface area contributed by atoms with Crippen molar-refractivity contribution in [2.24, 2.45) is 0 Å². The summed E-state index contributed by atoms with van der Waals surface area (Å²) in [5.41, 5.74) is 0.125. The van der Waals surface area contributed by atoms with E-state index in [9.17, 15) is 4.79 Å². The van der Waals surface area contributed by atoms with E-state index in [1.165, 1.54) is 6.20 Å². The van der Waals surface area contributed by atoms with Crippen molar-refractivity contribution in [1.29, 1.82) is 5.26 Å². The van der Waals surface area contributed by atoms with Crippen LogP contribution in [0.15, 0.2) is 11.8 Å². The quantitative estimate of drug-likeness (QED) is 0.394. The van der Waals surface area contributed by atoms with Gasteiger partial charge in [0.05, 0.1) is 0 Å². The highest BCUT2D eigenvalue weighted by atomic mass is 16.1. The summed E-state index contributed by atoms with van der Waals surface area (Å²) in [7, 11) is 0. The molecule has 0 aromatic rings. The molecule has 1 amide bonds. The number of carbonyl (C=O) groups is 1. The first-order chi connectivity index (χ1) is 7.11.